The van der Waals surface area contributed by atoms with Gasteiger partial charge in [0.15, 0.2) is 0 Å². The van der Waals surface area contributed by atoms with Gasteiger partial charge in [0.1, 0.15) is 11.5 Å². The maximum absolute atomic E-state index is 9.41. The fourth-order valence-corrected chi connectivity index (χ4v) is 3.21. The molecule has 5 heteroatoms. The summed E-state index contributed by atoms with van der Waals surface area (Å²) in [6.07, 6.45) is 0.810. The lowest BCUT2D eigenvalue weighted by molar-refractivity contribution is 0.0388. The Bertz CT molecular complexity index is 471. The highest BCUT2D eigenvalue weighted by atomic mass is 16.5. The topological polar surface area (TPSA) is 45.2 Å². The third kappa shape index (κ3) is 4.83. The zero-order chi connectivity index (χ0) is 16.8. The summed E-state index contributed by atoms with van der Waals surface area (Å²) in [7, 11) is 3.35. The van der Waals surface area contributed by atoms with Gasteiger partial charge in [-0.05, 0) is 38.0 Å². The number of aliphatic hydroxyl groups is 1. The van der Waals surface area contributed by atoms with Gasteiger partial charge in [-0.2, -0.15) is 0 Å². The number of benzene rings is 1. The highest BCUT2D eigenvalue weighted by molar-refractivity contribution is 5.38. The van der Waals surface area contributed by atoms with E-state index in [2.05, 4.69) is 35.8 Å². The molecule has 1 aliphatic rings. The molecule has 0 aliphatic carbocycles. The van der Waals surface area contributed by atoms with Gasteiger partial charge >= 0.3 is 0 Å². The summed E-state index contributed by atoms with van der Waals surface area (Å²) in [6, 6.07) is 6.95. The second-order valence-electron chi connectivity index (χ2n) is 6.45. The Morgan fingerprint density at radius 1 is 1.13 bits per heavy atom. The Labute approximate surface area is 139 Å². The Balaban J connectivity index is 2.11. The van der Waals surface area contributed by atoms with Crippen LogP contribution in [-0.2, 0) is 6.54 Å². The molecule has 0 radical (unpaired) electrons. The van der Waals surface area contributed by atoms with Crippen LogP contribution < -0.4 is 9.47 Å². The van der Waals surface area contributed by atoms with Crippen LogP contribution in [0.3, 0.4) is 0 Å². The molecule has 130 valence electrons. The van der Waals surface area contributed by atoms with Crippen LogP contribution in [0, 0.1) is 0 Å². The van der Waals surface area contributed by atoms with Gasteiger partial charge in [-0.25, -0.2) is 0 Å². The van der Waals surface area contributed by atoms with E-state index < -0.39 is 0 Å². The lowest BCUT2D eigenvalue weighted by Gasteiger charge is -2.43. The molecule has 2 rings (SSSR count). The molecule has 0 aromatic heterocycles. The fraction of sp³-hybridized carbons (Fsp3) is 0.667. The molecule has 0 spiro atoms. The maximum atomic E-state index is 9.41. The number of hydrogen-bond acceptors (Lipinski definition) is 5. The Morgan fingerprint density at radius 3 is 2.30 bits per heavy atom. The van der Waals surface area contributed by atoms with Crippen molar-refractivity contribution in [3.05, 3.63) is 23.8 Å². The number of piperazine rings is 1. The van der Waals surface area contributed by atoms with Crippen LogP contribution >= 0.6 is 0 Å². The van der Waals surface area contributed by atoms with E-state index in [1.807, 2.05) is 6.07 Å². The summed E-state index contributed by atoms with van der Waals surface area (Å²) in [4.78, 5) is 4.95. The molecule has 1 saturated heterocycles. The van der Waals surface area contributed by atoms with Crippen LogP contribution in [0.15, 0.2) is 18.2 Å². The smallest absolute Gasteiger partial charge is 0.122 e. The third-order valence-corrected chi connectivity index (χ3v) is 4.63. The van der Waals surface area contributed by atoms with Crippen LogP contribution in [-0.4, -0.2) is 67.5 Å². The number of nitrogens with zero attached hydrogens (tertiary/aromatic N) is 2. The van der Waals surface area contributed by atoms with Crippen LogP contribution in [0.2, 0.25) is 0 Å². The first kappa shape index (κ1) is 18.0. The summed E-state index contributed by atoms with van der Waals surface area (Å²) in [5.74, 6) is 1.64. The third-order valence-electron chi connectivity index (χ3n) is 4.63. The van der Waals surface area contributed by atoms with E-state index >= 15 is 0 Å². The molecule has 1 aromatic carbocycles. The van der Waals surface area contributed by atoms with Gasteiger partial charge in [0.05, 0.1) is 14.2 Å². The molecular formula is C18H30N2O3. The lowest BCUT2D eigenvalue weighted by atomic mass is 10.1. The molecule has 1 heterocycles. The van der Waals surface area contributed by atoms with E-state index in [9.17, 15) is 5.11 Å². The van der Waals surface area contributed by atoms with Crippen molar-refractivity contribution in [2.75, 3.05) is 40.5 Å². The van der Waals surface area contributed by atoms with Gasteiger partial charge in [0.2, 0.25) is 0 Å². The monoisotopic (exact) mass is 322 g/mol. The number of hydrogen-bond donors (Lipinski definition) is 1. The maximum Gasteiger partial charge on any atom is 0.122 e. The van der Waals surface area contributed by atoms with Crippen LogP contribution in [0.25, 0.3) is 0 Å². The molecular weight excluding hydrogens is 292 g/mol. The molecule has 1 aliphatic heterocycles. The highest BCUT2D eigenvalue weighted by Gasteiger charge is 2.27. The van der Waals surface area contributed by atoms with Crippen molar-refractivity contribution in [2.45, 2.75) is 38.9 Å². The fourth-order valence-electron chi connectivity index (χ4n) is 3.21. The second-order valence-corrected chi connectivity index (χ2v) is 6.45. The van der Waals surface area contributed by atoms with Crippen molar-refractivity contribution in [3.63, 3.8) is 0 Å². The molecule has 1 atom stereocenters. The molecule has 0 amide bonds. The molecule has 5 nitrogen and oxygen atoms in total. The minimum absolute atomic E-state index is 0.231. The summed E-state index contributed by atoms with van der Waals surface area (Å²) >= 11 is 0. The number of methoxy groups -OCH3 is 2. The first-order valence-corrected chi connectivity index (χ1v) is 8.38. The molecule has 1 N–H and O–H groups in total. The normalized spacial score (nSPS) is 20.0. The van der Waals surface area contributed by atoms with E-state index in [-0.39, 0.29) is 6.61 Å². The zero-order valence-electron chi connectivity index (χ0n) is 14.8. The predicted molar refractivity (Wildman–Crippen MR) is 92.2 cm³/mol. The largest absolute Gasteiger partial charge is 0.497 e. The standard InChI is InChI=1S/C18H30N2O3/c1-14(2)19-6-7-20(16(13-19)5-8-21)12-15-9-17(22-3)11-18(10-15)23-4/h9-11,14,16,21H,5-8,12-13H2,1-4H3. The van der Waals surface area contributed by atoms with E-state index in [1.54, 1.807) is 14.2 Å². The van der Waals surface area contributed by atoms with Gasteiger partial charge in [0, 0.05) is 50.9 Å². The summed E-state index contributed by atoms with van der Waals surface area (Å²) in [6.45, 7) is 8.65. The summed E-state index contributed by atoms with van der Waals surface area (Å²) < 4.78 is 10.7. The van der Waals surface area contributed by atoms with Gasteiger partial charge in [0.25, 0.3) is 0 Å². The molecule has 0 saturated carbocycles. The summed E-state index contributed by atoms with van der Waals surface area (Å²) in [5, 5.41) is 9.41. The van der Waals surface area contributed by atoms with E-state index in [1.165, 1.54) is 5.56 Å². The van der Waals surface area contributed by atoms with Crippen LogP contribution in [0.5, 0.6) is 11.5 Å². The van der Waals surface area contributed by atoms with Gasteiger partial charge < -0.3 is 14.6 Å². The molecule has 1 aromatic rings. The lowest BCUT2D eigenvalue weighted by Crippen LogP contribution is -2.54. The highest BCUT2D eigenvalue weighted by Crippen LogP contribution is 2.25. The molecule has 23 heavy (non-hydrogen) atoms. The summed E-state index contributed by atoms with van der Waals surface area (Å²) in [5.41, 5.74) is 1.18. The van der Waals surface area contributed by atoms with Crippen molar-refractivity contribution >= 4 is 0 Å². The van der Waals surface area contributed by atoms with Crippen molar-refractivity contribution in [2.24, 2.45) is 0 Å². The quantitative estimate of drug-likeness (QED) is 0.832. The van der Waals surface area contributed by atoms with Crippen molar-refractivity contribution in [1.82, 2.24) is 9.80 Å². The van der Waals surface area contributed by atoms with Gasteiger partial charge in [-0.1, -0.05) is 0 Å². The average Bonchev–Trinajstić information content (AvgIpc) is 2.56. The Morgan fingerprint density at radius 2 is 1.78 bits per heavy atom. The molecule has 1 fully saturated rings. The van der Waals surface area contributed by atoms with Crippen molar-refractivity contribution in [1.29, 1.82) is 0 Å². The van der Waals surface area contributed by atoms with E-state index in [0.29, 0.717) is 12.1 Å². The van der Waals surface area contributed by atoms with Crippen LogP contribution in [0.1, 0.15) is 25.8 Å². The van der Waals surface area contributed by atoms with Gasteiger partial charge in [-0.15, -0.1) is 0 Å². The predicted octanol–water partition coefficient (Wildman–Crippen LogP) is 1.98. The minimum Gasteiger partial charge on any atom is -0.497 e. The first-order valence-electron chi connectivity index (χ1n) is 8.38. The van der Waals surface area contributed by atoms with Crippen molar-refractivity contribution in [3.8, 4) is 11.5 Å². The zero-order valence-corrected chi connectivity index (χ0v) is 14.8. The minimum atomic E-state index is 0.231. The van der Waals surface area contributed by atoms with Crippen LogP contribution in [0.4, 0.5) is 0 Å². The van der Waals surface area contributed by atoms with Gasteiger partial charge in [-0.3, -0.25) is 9.80 Å². The van der Waals surface area contributed by atoms with Crippen molar-refractivity contribution < 1.29 is 14.6 Å². The molecule has 1 unspecified atom stereocenters. The average molecular weight is 322 g/mol. The first-order chi connectivity index (χ1) is 11.1. The Kier molecular flexibility index (Phi) is 6.69. The van der Waals surface area contributed by atoms with E-state index in [0.717, 1.165) is 44.1 Å². The number of rotatable bonds is 7. The number of ether oxygens (including phenoxy) is 2. The van der Waals surface area contributed by atoms with E-state index in [4.69, 9.17) is 9.47 Å². The molecule has 0 bridgehead atoms. The second kappa shape index (κ2) is 8.52. The Hall–Kier alpha value is -1.30. The number of aliphatic hydroxyl groups excluding tert-OH is 1. The SMILES string of the molecule is COc1cc(CN2CCN(C(C)C)CC2CCO)cc(OC)c1.